The molecule has 1 N–H and O–H groups in total. The van der Waals surface area contributed by atoms with Gasteiger partial charge in [0.15, 0.2) is 0 Å². The molecule has 22 heavy (non-hydrogen) atoms. The third kappa shape index (κ3) is 3.46. The highest BCUT2D eigenvalue weighted by Crippen LogP contribution is 2.37. The molecule has 0 aliphatic carbocycles. The Morgan fingerprint density at radius 3 is 2.82 bits per heavy atom. The number of nitro groups is 1. The van der Waals surface area contributed by atoms with Gasteiger partial charge in [-0.2, -0.15) is 4.37 Å². The number of nitrogens with zero attached hydrogens (tertiary/aromatic N) is 3. The molecule has 0 bridgehead atoms. The quantitative estimate of drug-likeness (QED) is 0.675. The van der Waals surface area contributed by atoms with Crippen molar-refractivity contribution in [3.63, 3.8) is 0 Å². The smallest absolute Gasteiger partial charge is 0.407 e. The number of likely N-dealkylation sites (tertiary alicyclic amines) is 1. The van der Waals surface area contributed by atoms with Gasteiger partial charge >= 0.3 is 11.8 Å². The van der Waals surface area contributed by atoms with Crippen LogP contribution in [-0.2, 0) is 0 Å². The van der Waals surface area contributed by atoms with Crippen molar-refractivity contribution in [3.05, 3.63) is 16.3 Å². The molecule has 1 saturated heterocycles. The van der Waals surface area contributed by atoms with Gasteiger partial charge in [0.2, 0.25) is 0 Å². The molecule has 2 unspecified atom stereocenters. The van der Waals surface area contributed by atoms with E-state index < -0.39 is 11.0 Å². The standard InChI is InChI=1S/C13H19N3O5S/c1-13(2,3)10-6-8(4-5-15(10)12(17)18)21-11-9(16(19)20)7-14-22-11/h7-8,10H,4-6H2,1-3H3,(H,17,18). The van der Waals surface area contributed by atoms with Crippen LogP contribution in [0.5, 0.6) is 5.06 Å². The minimum Gasteiger partial charge on any atom is -0.475 e. The van der Waals surface area contributed by atoms with Gasteiger partial charge in [0.1, 0.15) is 12.3 Å². The summed E-state index contributed by atoms with van der Waals surface area (Å²) in [5.41, 5.74) is -0.377. The number of rotatable bonds is 3. The summed E-state index contributed by atoms with van der Waals surface area (Å²) in [6.45, 7) is 6.29. The van der Waals surface area contributed by atoms with Crippen LogP contribution >= 0.6 is 11.5 Å². The predicted molar refractivity (Wildman–Crippen MR) is 80.4 cm³/mol. The first-order valence-corrected chi connectivity index (χ1v) is 7.72. The van der Waals surface area contributed by atoms with E-state index in [0.29, 0.717) is 19.4 Å². The second kappa shape index (κ2) is 6.07. The number of hydrogen-bond donors (Lipinski definition) is 1. The molecule has 0 aromatic carbocycles. The minimum atomic E-state index is -0.942. The van der Waals surface area contributed by atoms with E-state index in [-0.39, 0.29) is 28.3 Å². The highest BCUT2D eigenvalue weighted by Gasteiger charge is 2.40. The Bertz CT molecular complexity index is 568. The second-order valence-electron chi connectivity index (χ2n) is 6.38. The molecule has 1 aliphatic heterocycles. The largest absolute Gasteiger partial charge is 0.475 e. The second-order valence-corrected chi connectivity index (χ2v) is 7.14. The first kappa shape index (κ1) is 16.5. The van der Waals surface area contributed by atoms with Crippen LogP contribution in [-0.4, -0.2) is 44.1 Å². The Kier molecular flexibility index (Phi) is 4.55. The molecule has 1 fully saturated rings. The molecule has 1 aliphatic rings. The first-order chi connectivity index (χ1) is 10.2. The lowest BCUT2D eigenvalue weighted by molar-refractivity contribution is -0.385. The van der Waals surface area contributed by atoms with Crippen molar-refractivity contribution in [2.75, 3.05) is 6.54 Å². The fourth-order valence-corrected chi connectivity index (χ4v) is 3.32. The fourth-order valence-electron chi connectivity index (χ4n) is 2.67. The van der Waals surface area contributed by atoms with Crippen molar-refractivity contribution in [1.82, 2.24) is 9.27 Å². The summed E-state index contributed by atoms with van der Waals surface area (Å²) in [5.74, 6) is 0. The molecule has 1 aromatic rings. The van der Waals surface area contributed by atoms with E-state index in [0.717, 1.165) is 11.5 Å². The Morgan fingerprint density at radius 2 is 2.27 bits per heavy atom. The average Bonchev–Trinajstić information content (AvgIpc) is 2.85. The molecule has 2 heterocycles. The van der Waals surface area contributed by atoms with Gasteiger partial charge < -0.3 is 14.7 Å². The number of carboxylic acid groups (broad SMARTS) is 1. The monoisotopic (exact) mass is 329 g/mol. The lowest BCUT2D eigenvalue weighted by Gasteiger charge is -2.44. The molecule has 9 heteroatoms. The van der Waals surface area contributed by atoms with Gasteiger partial charge in [-0.25, -0.2) is 4.79 Å². The van der Waals surface area contributed by atoms with Crippen molar-refractivity contribution in [1.29, 1.82) is 0 Å². The Balaban J connectivity index is 2.13. The van der Waals surface area contributed by atoms with Crippen LogP contribution < -0.4 is 4.74 Å². The van der Waals surface area contributed by atoms with Crippen LogP contribution in [0.15, 0.2) is 6.20 Å². The molecule has 8 nitrogen and oxygen atoms in total. The zero-order valence-electron chi connectivity index (χ0n) is 12.7. The molecule has 0 saturated carbocycles. The van der Waals surface area contributed by atoms with Gasteiger partial charge in [0, 0.05) is 37.0 Å². The summed E-state index contributed by atoms with van der Waals surface area (Å²) >= 11 is 0.944. The summed E-state index contributed by atoms with van der Waals surface area (Å²) in [5, 5.41) is 20.4. The summed E-state index contributed by atoms with van der Waals surface area (Å²) in [4.78, 5) is 23.2. The maximum atomic E-state index is 11.4. The SMILES string of the molecule is CC(C)(C)C1CC(Oc2sncc2[N+](=O)[O-])CCN1C(=O)O. The number of aromatic nitrogens is 1. The van der Waals surface area contributed by atoms with Crippen LogP contribution in [0.4, 0.5) is 10.5 Å². The zero-order chi connectivity index (χ0) is 16.5. The summed E-state index contributed by atoms with van der Waals surface area (Å²) < 4.78 is 9.53. The third-order valence-electron chi connectivity index (χ3n) is 3.79. The van der Waals surface area contributed by atoms with E-state index in [1.54, 1.807) is 0 Å². The van der Waals surface area contributed by atoms with Gasteiger partial charge in [-0.15, -0.1) is 0 Å². The van der Waals surface area contributed by atoms with Crippen LogP contribution in [0.3, 0.4) is 0 Å². The number of ether oxygens (including phenoxy) is 1. The molecular formula is C13H19N3O5S. The maximum Gasteiger partial charge on any atom is 0.407 e. The summed E-state index contributed by atoms with van der Waals surface area (Å²) in [6.07, 6.45) is 0.994. The Hall–Kier alpha value is -1.90. The van der Waals surface area contributed by atoms with E-state index in [2.05, 4.69) is 4.37 Å². The van der Waals surface area contributed by atoms with Crippen LogP contribution in [0.1, 0.15) is 33.6 Å². The Labute approximate surface area is 132 Å². The van der Waals surface area contributed by atoms with E-state index in [1.165, 1.54) is 11.1 Å². The van der Waals surface area contributed by atoms with Gasteiger partial charge in [-0.05, 0) is 5.41 Å². The zero-order valence-corrected chi connectivity index (χ0v) is 13.5. The highest BCUT2D eigenvalue weighted by atomic mass is 32.1. The fraction of sp³-hybridized carbons (Fsp3) is 0.692. The van der Waals surface area contributed by atoms with Crippen molar-refractivity contribution in [2.45, 2.75) is 45.8 Å². The van der Waals surface area contributed by atoms with Crippen LogP contribution in [0, 0.1) is 15.5 Å². The topological polar surface area (TPSA) is 106 Å². The molecule has 122 valence electrons. The Morgan fingerprint density at radius 1 is 1.59 bits per heavy atom. The highest BCUT2D eigenvalue weighted by molar-refractivity contribution is 7.08. The number of piperidine rings is 1. The molecule has 2 atom stereocenters. The molecule has 0 radical (unpaired) electrons. The van der Waals surface area contributed by atoms with Gasteiger partial charge in [0.05, 0.1) is 4.92 Å². The van der Waals surface area contributed by atoms with Crippen molar-refractivity contribution in [2.24, 2.45) is 5.41 Å². The summed E-state index contributed by atoms with van der Waals surface area (Å²) in [6, 6.07) is -0.198. The number of carbonyl (C=O) groups is 1. The van der Waals surface area contributed by atoms with Gasteiger partial charge in [-0.1, -0.05) is 20.8 Å². The predicted octanol–water partition coefficient (Wildman–Crippen LogP) is 2.99. The van der Waals surface area contributed by atoms with Crippen molar-refractivity contribution >= 4 is 23.3 Å². The molecular weight excluding hydrogens is 310 g/mol. The van der Waals surface area contributed by atoms with E-state index >= 15 is 0 Å². The van der Waals surface area contributed by atoms with Crippen LogP contribution in [0.2, 0.25) is 0 Å². The van der Waals surface area contributed by atoms with E-state index in [9.17, 15) is 20.0 Å². The average molecular weight is 329 g/mol. The lowest BCUT2D eigenvalue weighted by Crippen LogP contribution is -2.53. The molecule has 1 aromatic heterocycles. The number of hydrogen-bond acceptors (Lipinski definition) is 6. The third-order valence-corrected chi connectivity index (χ3v) is 4.47. The minimum absolute atomic E-state index is 0.141. The molecule has 2 rings (SSSR count). The van der Waals surface area contributed by atoms with E-state index in [1.807, 2.05) is 20.8 Å². The van der Waals surface area contributed by atoms with Gasteiger partial charge in [-0.3, -0.25) is 10.1 Å². The van der Waals surface area contributed by atoms with Crippen LogP contribution in [0.25, 0.3) is 0 Å². The van der Waals surface area contributed by atoms with E-state index in [4.69, 9.17) is 4.74 Å². The number of amides is 1. The van der Waals surface area contributed by atoms with Crippen molar-refractivity contribution < 1.29 is 19.6 Å². The normalized spacial score (nSPS) is 22.4. The summed E-state index contributed by atoms with van der Waals surface area (Å²) in [7, 11) is 0. The lowest BCUT2D eigenvalue weighted by atomic mass is 9.80. The van der Waals surface area contributed by atoms with Crippen molar-refractivity contribution in [3.8, 4) is 5.06 Å². The molecule has 1 amide bonds. The first-order valence-electron chi connectivity index (χ1n) is 6.95. The maximum absolute atomic E-state index is 11.4. The molecule has 0 spiro atoms. The van der Waals surface area contributed by atoms with Gasteiger partial charge in [0.25, 0.3) is 5.06 Å².